The number of nitrogens with one attached hydrogen (secondary N) is 1. The van der Waals surface area contributed by atoms with Crippen LogP contribution in [0.3, 0.4) is 0 Å². The van der Waals surface area contributed by atoms with Crippen LogP contribution in [0.1, 0.15) is 13.3 Å². The minimum atomic E-state index is -0.985. The summed E-state index contributed by atoms with van der Waals surface area (Å²) in [5.41, 5.74) is 0.334. The third-order valence-electron chi connectivity index (χ3n) is 2.49. The maximum absolute atomic E-state index is 13.1. The zero-order chi connectivity index (χ0) is 15.1. The highest BCUT2D eigenvalue weighted by Gasteiger charge is 2.13. The van der Waals surface area contributed by atoms with E-state index in [-0.39, 0.29) is 18.7 Å². The molecule has 0 bridgehead atoms. The number of rotatable bonds is 6. The second-order valence-electron chi connectivity index (χ2n) is 4.07. The maximum atomic E-state index is 13.1. The summed E-state index contributed by atoms with van der Waals surface area (Å²) >= 11 is 0. The van der Waals surface area contributed by atoms with Crippen molar-refractivity contribution in [2.75, 3.05) is 25.5 Å². The predicted molar refractivity (Wildman–Crippen MR) is 71.5 cm³/mol. The van der Waals surface area contributed by atoms with Crippen LogP contribution >= 0.6 is 0 Å². The van der Waals surface area contributed by atoms with Gasteiger partial charge in [0.25, 0.3) is 0 Å². The Balaban J connectivity index is 2.71. The second-order valence-corrected chi connectivity index (χ2v) is 4.07. The molecule has 2 N–H and O–H groups in total. The lowest BCUT2D eigenvalue weighted by atomic mass is 10.3. The Morgan fingerprint density at radius 2 is 2.15 bits per heavy atom. The Kier molecular flexibility index (Phi) is 5.76. The highest BCUT2D eigenvalue weighted by atomic mass is 19.1. The van der Waals surface area contributed by atoms with Gasteiger partial charge >= 0.3 is 12.0 Å². The van der Waals surface area contributed by atoms with E-state index in [2.05, 4.69) is 5.32 Å². The molecule has 0 heterocycles. The lowest BCUT2D eigenvalue weighted by Gasteiger charge is -2.18. The topological polar surface area (TPSA) is 78.9 Å². The van der Waals surface area contributed by atoms with Gasteiger partial charge < -0.3 is 20.1 Å². The molecule has 0 saturated carbocycles. The molecule has 0 fully saturated rings. The summed E-state index contributed by atoms with van der Waals surface area (Å²) < 4.78 is 18.3. The largest absolute Gasteiger partial charge is 0.492 e. The number of aliphatic carboxylic acids is 1. The van der Waals surface area contributed by atoms with Crippen LogP contribution in [0.25, 0.3) is 0 Å². The van der Waals surface area contributed by atoms with Crippen LogP contribution in [0.5, 0.6) is 5.75 Å². The molecule has 110 valence electrons. The van der Waals surface area contributed by atoms with Gasteiger partial charge in [0, 0.05) is 19.7 Å². The Morgan fingerprint density at radius 3 is 2.75 bits per heavy atom. The molecular formula is C13H17FN2O4. The number of benzene rings is 1. The van der Waals surface area contributed by atoms with Crippen molar-refractivity contribution in [2.45, 2.75) is 13.3 Å². The monoisotopic (exact) mass is 284 g/mol. The summed E-state index contributed by atoms with van der Waals surface area (Å²) in [6.45, 7) is 2.16. The third-order valence-corrected chi connectivity index (χ3v) is 2.49. The number of carboxylic acid groups (broad SMARTS) is 1. The van der Waals surface area contributed by atoms with Crippen LogP contribution in [0.4, 0.5) is 14.9 Å². The van der Waals surface area contributed by atoms with E-state index in [1.54, 1.807) is 6.92 Å². The number of urea groups is 1. The molecule has 1 aromatic rings. The Morgan fingerprint density at radius 1 is 1.45 bits per heavy atom. The quantitative estimate of drug-likeness (QED) is 0.839. The fourth-order valence-electron chi connectivity index (χ4n) is 1.45. The second kappa shape index (κ2) is 7.32. The number of hydrogen-bond acceptors (Lipinski definition) is 3. The van der Waals surface area contributed by atoms with Crippen LogP contribution in [0.15, 0.2) is 18.2 Å². The molecule has 2 amide bonds. The van der Waals surface area contributed by atoms with E-state index in [1.807, 2.05) is 0 Å². The number of amides is 2. The normalized spacial score (nSPS) is 9.95. The van der Waals surface area contributed by atoms with E-state index in [9.17, 15) is 14.0 Å². The maximum Gasteiger partial charge on any atom is 0.321 e. The van der Waals surface area contributed by atoms with Crippen LogP contribution in [-0.4, -0.2) is 42.2 Å². The molecule has 0 spiro atoms. The van der Waals surface area contributed by atoms with Gasteiger partial charge in [-0.2, -0.15) is 0 Å². The van der Waals surface area contributed by atoms with Crippen LogP contribution in [-0.2, 0) is 4.79 Å². The fourth-order valence-corrected chi connectivity index (χ4v) is 1.45. The van der Waals surface area contributed by atoms with Crippen molar-refractivity contribution >= 4 is 17.7 Å². The highest BCUT2D eigenvalue weighted by Crippen LogP contribution is 2.25. The first-order valence-electron chi connectivity index (χ1n) is 6.10. The summed E-state index contributed by atoms with van der Waals surface area (Å²) in [6, 6.07) is 3.29. The number of nitrogens with zero attached hydrogens (tertiary/aromatic N) is 1. The molecule has 0 saturated heterocycles. The molecule has 0 aliphatic carbocycles. The summed E-state index contributed by atoms with van der Waals surface area (Å²) in [7, 11) is 1.47. The first-order valence-corrected chi connectivity index (χ1v) is 6.10. The van der Waals surface area contributed by atoms with Crippen molar-refractivity contribution < 1.29 is 23.8 Å². The van der Waals surface area contributed by atoms with Crippen LogP contribution in [0, 0.1) is 5.82 Å². The van der Waals surface area contributed by atoms with Crippen LogP contribution < -0.4 is 10.1 Å². The van der Waals surface area contributed by atoms with Gasteiger partial charge in [-0.1, -0.05) is 0 Å². The van der Waals surface area contributed by atoms with Gasteiger partial charge in [-0.05, 0) is 19.1 Å². The molecule has 20 heavy (non-hydrogen) atoms. The average Bonchev–Trinajstić information content (AvgIpc) is 2.39. The molecular weight excluding hydrogens is 267 g/mol. The van der Waals surface area contributed by atoms with E-state index in [4.69, 9.17) is 9.84 Å². The predicted octanol–water partition coefficient (Wildman–Crippen LogP) is 2.16. The number of carboxylic acids is 1. The molecule has 0 aromatic heterocycles. The van der Waals surface area contributed by atoms with Crippen molar-refractivity contribution in [3.8, 4) is 5.75 Å². The Labute approximate surface area is 116 Å². The number of hydrogen-bond donors (Lipinski definition) is 2. The molecule has 0 aliphatic heterocycles. The van der Waals surface area contributed by atoms with E-state index in [0.717, 1.165) is 0 Å². The Hall–Kier alpha value is -2.31. The molecule has 0 radical (unpaired) electrons. The number of carbonyl (C=O) groups excluding carboxylic acids is 1. The fraction of sp³-hybridized carbons (Fsp3) is 0.385. The standard InChI is InChI=1S/C13H17FN2O4/c1-3-20-11-8-9(14)4-5-10(11)15-13(19)16(2)7-6-12(17)18/h4-5,8H,3,6-7H2,1-2H3,(H,15,19)(H,17,18). The van der Waals surface area contributed by atoms with Gasteiger partial charge in [-0.3, -0.25) is 4.79 Å². The molecule has 1 rings (SSSR count). The SMILES string of the molecule is CCOc1cc(F)ccc1NC(=O)N(C)CCC(=O)O. The van der Waals surface area contributed by atoms with Gasteiger partial charge in [0.2, 0.25) is 0 Å². The van der Waals surface area contributed by atoms with Crippen LogP contribution in [0.2, 0.25) is 0 Å². The first-order chi connectivity index (χ1) is 9.43. The highest BCUT2D eigenvalue weighted by molar-refractivity contribution is 5.91. The van der Waals surface area contributed by atoms with Gasteiger partial charge in [0.1, 0.15) is 11.6 Å². The molecule has 0 aliphatic rings. The van der Waals surface area contributed by atoms with E-state index < -0.39 is 17.8 Å². The van der Waals surface area contributed by atoms with Crippen molar-refractivity contribution in [1.29, 1.82) is 0 Å². The summed E-state index contributed by atoms with van der Waals surface area (Å²) in [6.07, 6.45) is -0.147. The van der Waals surface area contributed by atoms with Gasteiger partial charge in [0.15, 0.2) is 0 Å². The molecule has 0 unspecified atom stereocenters. The van der Waals surface area contributed by atoms with Crippen molar-refractivity contribution in [3.05, 3.63) is 24.0 Å². The number of anilines is 1. The minimum absolute atomic E-state index is 0.0757. The van der Waals surface area contributed by atoms with Gasteiger partial charge in [-0.15, -0.1) is 0 Å². The van der Waals surface area contributed by atoms with Gasteiger partial charge in [0.05, 0.1) is 18.7 Å². The first kappa shape index (κ1) is 15.7. The summed E-state index contributed by atoms with van der Waals surface area (Å²) in [5.74, 6) is -1.22. The molecule has 1 aromatic carbocycles. The van der Waals surface area contributed by atoms with E-state index in [1.165, 1.54) is 30.1 Å². The lowest BCUT2D eigenvalue weighted by Crippen LogP contribution is -2.33. The summed E-state index contributed by atoms with van der Waals surface area (Å²) in [5, 5.41) is 11.1. The van der Waals surface area contributed by atoms with Crippen molar-refractivity contribution in [1.82, 2.24) is 4.90 Å². The zero-order valence-corrected chi connectivity index (χ0v) is 11.4. The number of halogens is 1. The molecule has 0 atom stereocenters. The summed E-state index contributed by atoms with van der Waals surface area (Å²) in [4.78, 5) is 23.5. The zero-order valence-electron chi connectivity index (χ0n) is 11.4. The number of ether oxygens (including phenoxy) is 1. The molecule has 7 heteroatoms. The third kappa shape index (κ3) is 4.75. The van der Waals surface area contributed by atoms with Crippen molar-refractivity contribution in [2.24, 2.45) is 0 Å². The number of carbonyl (C=O) groups is 2. The Bertz CT molecular complexity index is 493. The lowest BCUT2D eigenvalue weighted by molar-refractivity contribution is -0.137. The average molecular weight is 284 g/mol. The van der Waals surface area contributed by atoms with E-state index in [0.29, 0.717) is 12.3 Å². The van der Waals surface area contributed by atoms with Gasteiger partial charge in [-0.25, -0.2) is 9.18 Å². The van der Waals surface area contributed by atoms with E-state index >= 15 is 0 Å². The minimum Gasteiger partial charge on any atom is -0.492 e. The van der Waals surface area contributed by atoms with Crippen molar-refractivity contribution in [3.63, 3.8) is 0 Å². The smallest absolute Gasteiger partial charge is 0.321 e. The molecule has 6 nitrogen and oxygen atoms in total.